The smallest absolute Gasteiger partial charge is 0.309 e. The Morgan fingerprint density at radius 2 is 1.89 bits per heavy atom. The minimum absolute atomic E-state index is 0.00880. The first-order valence-corrected chi connectivity index (χ1v) is 7.17. The summed E-state index contributed by atoms with van der Waals surface area (Å²) >= 11 is 0. The topological polar surface area (TPSA) is 43.4 Å². The summed E-state index contributed by atoms with van der Waals surface area (Å²) in [5, 5.41) is 0. The fourth-order valence-electron chi connectivity index (χ4n) is 4.62. The molecule has 6 atom stereocenters. The van der Waals surface area contributed by atoms with Crippen molar-refractivity contribution in [2.75, 3.05) is 0 Å². The maximum absolute atomic E-state index is 12.0. The molecule has 0 unspecified atom stereocenters. The van der Waals surface area contributed by atoms with Crippen molar-refractivity contribution in [2.24, 2.45) is 29.1 Å². The van der Waals surface area contributed by atoms with Gasteiger partial charge in [-0.3, -0.25) is 9.59 Å². The van der Waals surface area contributed by atoms with Crippen LogP contribution in [0.2, 0.25) is 0 Å². The van der Waals surface area contributed by atoms with Crippen molar-refractivity contribution in [1.82, 2.24) is 0 Å². The monoisotopic (exact) mass is 250 g/mol. The average molecular weight is 250 g/mol. The van der Waals surface area contributed by atoms with Crippen LogP contribution < -0.4 is 0 Å². The highest BCUT2D eigenvalue weighted by molar-refractivity contribution is 5.82. The lowest BCUT2D eigenvalue weighted by atomic mass is 9.53. The lowest BCUT2D eigenvalue weighted by Crippen LogP contribution is -2.52. The van der Waals surface area contributed by atoms with E-state index in [9.17, 15) is 9.59 Å². The Morgan fingerprint density at radius 1 is 1.17 bits per heavy atom. The molecule has 0 N–H and O–H groups in total. The number of carbonyl (C=O) groups is 2. The molecule has 0 amide bonds. The summed E-state index contributed by atoms with van der Waals surface area (Å²) in [6.45, 7) is 6.29. The molecule has 0 spiro atoms. The fourth-order valence-corrected chi connectivity index (χ4v) is 4.62. The van der Waals surface area contributed by atoms with Gasteiger partial charge >= 0.3 is 5.97 Å². The van der Waals surface area contributed by atoms with Gasteiger partial charge in [0, 0.05) is 24.2 Å². The van der Waals surface area contributed by atoms with Gasteiger partial charge in [0.05, 0.1) is 5.92 Å². The third-order valence-electron chi connectivity index (χ3n) is 5.88. The predicted octanol–water partition coefficient (Wildman–Crippen LogP) is 2.58. The molecule has 2 saturated carbocycles. The molecular formula is C15H22O3. The number of ether oxygens (including phenoxy) is 1. The third kappa shape index (κ3) is 1.49. The highest BCUT2D eigenvalue weighted by Crippen LogP contribution is 2.56. The number of Topliss-reactive ketones (excluding diaryl/α,β-unsaturated/α-hetero) is 1. The summed E-state index contributed by atoms with van der Waals surface area (Å²) in [4.78, 5) is 23.8. The number of rotatable bonds is 0. The standard InChI is InChI=1S/C15H22O3/c1-8-10-4-6-15(3)7-5-11(16)9(2)12(15)13(10)18-14(8)17/h8-10,12-13H,4-7H2,1-3H3/t8-,9-,10-,12+,13-,15-/m0/s1. The van der Waals surface area contributed by atoms with Gasteiger partial charge in [-0.05, 0) is 24.7 Å². The largest absolute Gasteiger partial charge is 0.461 e. The van der Waals surface area contributed by atoms with Gasteiger partial charge in [0.1, 0.15) is 11.9 Å². The zero-order valence-electron chi connectivity index (χ0n) is 11.4. The molecule has 3 aliphatic rings. The van der Waals surface area contributed by atoms with E-state index in [2.05, 4.69) is 6.92 Å². The molecule has 3 heteroatoms. The van der Waals surface area contributed by atoms with Crippen molar-refractivity contribution in [3.63, 3.8) is 0 Å². The number of carbonyl (C=O) groups excluding carboxylic acids is 2. The second-order valence-corrected chi connectivity index (χ2v) is 6.83. The molecule has 1 aliphatic heterocycles. The first-order chi connectivity index (χ1) is 8.44. The first kappa shape index (κ1) is 12.2. The minimum Gasteiger partial charge on any atom is -0.461 e. The van der Waals surface area contributed by atoms with Crippen LogP contribution in [0, 0.1) is 29.1 Å². The van der Waals surface area contributed by atoms with E-state index < -0.39 is 0 Å². The molecule has 3 fully saturated rings. The Hall–Kier alpha value is -0.860. The van der Waals surface area contributed by atoms with Crippen LogP contribution in [-0.4, -0.2) is 17.9 Å². The van der Waals surface area contributed by atoms with Crippen LogP contribution in [0.1, 0.15) is 46.5 Å². The molecule has 18 heavy (non-hydrogen) atoms. The average Bonchev–Trinajstić information content (AvgIpc) is 2.60. The number of hydrogen-bond acceptors (Lipinski definition) is 3. The molecular weight excluding hydrogens is 228 g/mol. The van der Waals surface area contributed by atoms with Crippen molar-refractivity contribution >= 4 is 11.8 Å². The highest BCUT2D eigenvalue weighted by Gasteiger charge is 2.58. The van der Waals surface area contributed by atoms with Gasteiger partial charge in [-0.15, -0.1) is 0 Å². The summed E-state index contributed by atoms with van der Waals surface area (Å²) in [6, 6.07) is 0. The first-order valence-electron chi connectivity index (χ1n) is 7.17. The number of fused-ring (bicyclic) bond motifs is 3. The lowest BCUT2D eigenvalue weighted by Gasteiger charge is -2.51. The van der Waals surface area contributed by atoms with Crippen LogP contribution in [-0.2, 0) is 14.3 Å². The summed E-state index contributed by atoms with van der Waals surface area (Å²) in [7, 11) is 0. The van der Waals surface area contributed by atoms with Crippen LogP contribution in [0.15, 0.2) is 0 Å². The molecule has 100 valence electrons. The number of esters is 1. The molecule has 3 nitrogen and oxygen atoms in total. The molecule has 1 saturated heterocycles. The van der Waals surface area contributed by atoms with E-state index in [0.29, 0.717) is 18.1 Å². The number of ketones is 1. The van der Waals surface area contributed by atoms with E-state index >= 15 is 0 Å². The van der Waals surface area contributed by atoms with Crippen molar-refractivity contribution < 1.29 is 14.3 Å². The van der Waals surface area contributed by atoms with Gasteiger partial charge in [0.15, 0.2) is 0 Å². The van der Waals surface area contributed by atoms with Gasteiger partial charge in [-0.2, -0.15) is 0 Å². The van der Waals surface area contributed by atoms with E-state index in [-0.39, 0.29) is 35.2 Å². The van der Waals surface area contributed by atoms with E-state index in [1.54, 1.807) is 0 Å². The zero-order valence-corrected chi connectivity index (χ0v) is 11.4. The van der Waals surface area contributed by atoms with E-state index in [4.69, 9.17) is 4.74 Å². The molecule has 0 aromatic carbocycles. The Morgan fingerprint density at radius 3 is 2.61 bits per heavy atom. The highest BCUT2D eigenvalue weighted by atomic mass is 16.6. The lowest BCUT2D eigenvalue weighted by molar-refractivity contribution is -0.158. The molecule has 1 heterocycles. The van der Waals surface area contributed by atoms with Crippen molar-refractivity contribution in [3.05, 3.63) is 0 Å². The van der Waals surface area contributed by atoms with E-state index in [0.717, 1.165) is 19.3 Å². The minimum atomic E-state index is -0.0560. The fraction of sp³-hybridized carbons (Fsp3) is 0.867. The zero-order chi connectivity index (χ0) is 13.1. The summed E-state index contributed by atoms with van der Waals surface area (Å²) in [5.41, 5.74) is 0.193. The Kier molecular flexibility index (Phi) is 2.58. The van der Waals surface area contributed by atoms with Crippen LogP contribution in [0.3, 0.4) is 0 Å². The summed E-state index contributed by atoms with van der Waals surface area (Å²) < 4.78 is 5.64. The maximum atomic E-state index is 12.0. The second kappa shape index (κ2) is 3.82. The molecule has 2 aliphatic carbocycles. The predicted molar refractivity (Wildman–Crippen MR) is 66.8 cm³/mol. The Labute approximate surface area is 108 Å². The van der Waals surface area contributed by atoms with Crippen LogP contribution in [0.4, 0.5) is 0 Å². The summed E-state index contributed by atoms with van der Waals surface area (Å²) in [6.07, 6.45) is 3.87. The van der Waals surface area contributed by atoms with E-state index in [1.165, 1.54) is 0 Å². The molecule has 0 aromatic heterocycles. The van der Waals surface area contributed by atoms with Crippen molar-refractivity contribution in [3.8, 4) is 0 Å². The van der Waals surface area contributed by atoms with Gasteiger partial charge in [-0.25, -0.2) is 0 Å². The maximum Gasteiger partial charge on any atom is 0.309 e. The quantitative estimate of drug-likeness (QED) is 0.621. The van der Waals surface area contributed by atoms with Gasteiger partial charge in [0.25, 0.3) is 0 Å². The molecule has 0 bridgehead atoms. The van der Waals surface area contributed by atoms with Gasteiger partial charge in [-0.1, -0.05) is 20.8 Å². The van der Waals surface area contributed by atoms with Crippen molar-refractivity contribution in [2.45, 2.75) is 52.6 Å². The normalized spacial score (nSPS) is 51.6. The van der Waals surface area contributed by atoms with Gasteiger partial charge < -0.3 is 4.74 Å². The number of hydrogen-bond donors (Lipinski definition) is 0. The van der Waals surface area contributed by atoms with Crippen molar-refractivity contribution in [1.29, 1.82) is 0 Å². The van der Waals surface area contributed by atoms with Gasteiger partial charge in [0.2, 0.25) is 0 Å². The molecule has 0 aromatic rings. The summed E-state index contributed by atoms with van der Waals surface area (Å²) in [5.74, 6) is 0.946. The Balaban J connectivity index is 1.96. The SMILES string of the molecule is C[C@@H]1C(=O)O[C@H]2[C@H]1CC[C@@]1(C)CCC(=O)[C@H](C)[C@H]21. The van der Waals surface area contributed by atoms with Crippen LogP contribution in [0.25, 0.3) is 0 Å². The second-order valence-electron chi connectivity index (χ2n) is 6.83. The third-order valence-corrected chi connectivity index (χ3v) is 5.88. The van der Waals surface area contributed by atoms with Crippen LogP contribution >= 0.6 is 0 Å². The Bertz CT molecular complexity index is 403. The van der Waals surface area contributed by atoms with E-state index in [1.807, 2.05) is 13.8 Å². The molecule has 0 radical (unpaired) electrons. The molecule has 3 rings (SSSR count). The van der Waals surface area contributed by atoms with Crippen LogP contribution in [0.5, 0.6) is 0 Å².